The quantitative estimate of drug-likeness (QED) is 0.701. The molecule has 0 aliphatic carbocycles. The second-order valence-corrected chi connectivity index (χ2v) is 2.04. The summed E-state index contributed by atoms with van der Waals surface area (Å²) in [7, 11) is 1.78. The van der Waals surface area contributed by atoms with Gasteiger partial charge in [0.25, 0.3) is 0 Å². The van der Waals surface area contributed by atoms with Gasteiger partial charge in [0.2, 0.25) is 5.65 Å². The summed E-state index contributed by atoms with van der Waals surface area (Å²) < 4.78 is 0. The third-order valence-corrected chi connectivity index (χ3v) is 1.26. The number of aryl methyl sites for hydroxylation is 1. The van der Waals surface area contributed by atoms with E-state index in [0.717, 1.165) is 5.52 Å². The van der Waals surface area contributed by atoms with Crippen molar-refractivity contribution in [3.05, 3.63) is 18.3 Å². The van der Waals surface area contributed by atoms with Crippen LogP contribution in [0.5, 0.6) is 0 Å². The second-order valence-electron chi connectivity index (χ2n) is 2.04. The first-order valence-corrected chi connectivity index (χ1v) is 2.98. The number of rotatable bonds is 0. The maximum absolute atomic E-state index is 4.06. The van der Waals surface area contributed by atoms with Crippen molar-refractivity contribution in [3.63, 3.8) is 0 Å². The molecular formula is C6H6N4Pt. The second kappa shape index (κ2) is 3.09. The maximum atomic E-state index is 4.06. The van der Waals surface area contributed by atoms with Crippen molar-refractivity contribution in [2.45, 2.75) is 0 Å². The SMILES string of the molecule is Cn1nc2cccnc2n1.[Pt]. The Morgan fingerprint density at radius 3 is 2.91 bits per heavy atom. The Balaban J connectivity index is 0.000000605. The molecule has 0 fully saturated rings. The first-order chi connectivity index (χ1) is 4.86. The molecule has 2 heterocycles. The van der Waals surface area contributed by atoms with Crippen molar-refractivity contribution >= 4 is 11.2 Å². The Kier molecular flexibility index (Phi) is 2.34. The summed E-state index contributed by atoms with van der Waals surface area (Å²) in [6.45, 7) is 0. The molecule has 0 saturated heterocycles. The minimum Gasteiger partial charge on any atom is -0.234 e. The normalized spacial score (nSPS) is 9.55. The standard InChI is InChI=1S/C6H6N4.Pt/c1-10-8-5-3-2-4-7-6(5)9-10;/h2-4H,1H3;. The summed E-state index contributed by atoms with van der Waals surface area (Å²) in [5, 5.41) is 8.06. The average Bonchev–Trinajstić information content (AvgIpc) is 2.27. The van der Waals surface area contributed by atoms with Gasteiger partial charge in [0.15, 0.2) is 0 Å². The van der Waals surface area contributed by atoms with Gasteiger partial charge in [0.1, 0.15) is 5.52 Å². The predicted molar refractivity (Wildman–Crippen MR) is 36.3 cm³/mol. The van der Waals surface area contributed by atoms with Crippen molar-refractivity contribution in [1.82, 2.24) is 20.0 Å². The van der Waals surface area contributed by atoms with Gasteiger partial charge < -0.3 is 0 Å². The molecule has 0 radical (unpaired) electrons. The van der Waals surface area contributed by atoms with Gasteiger partial charge in [-0.15, -0.1) is 5.10 Å². The van der Waals surface area contributed by atoms with Crippen molar-refractivity contribution in [2.24, 2.45) is 7.05 Å². The Morgan fingerprint density at radius 2 is 2.18 bits per heavy atom. The summed E-state index contributed by atoms with van der Waals surface area (Å²) in [4.78, 5) is 5.52. The molecule has 0 saturated carbocycles. The summed E-state index contributed by atoms with van der Waals surface area (Å²) in [5.74, 6) is 0. The number of nitrogens with zero attached hydrogens (tertiary/aromatic N) is 4. The van der Waals surface area contributed by atoms with Crippen molar-refractivity contribution in [2.75, 3.05) is 0 Å². The third kappa shape index (κ3) is 1.46. The van der Waals surface area contributed by atoms with E-state index in [1.165, 1.54) is 4.80 Å². The Labute approximate surface area is 77.9 Å². The molecule has 11 heavy (non-hydrogen) atoms. The molecule has 2 rings (SSSR count). The molecular weight excluding hydrogens is 323 g/mol. The van der Waals surface area contributed by atoms with E-state index in [4.69, 9.17) is 0 Å². The number of fused-ring (bicyclic) bond motifs is 1. The van der Waals surface area contributed by atoms with Crippen molar-refractivity contribution in [1.29, 1.82) is 0 Å². The molecule has 2 aromatic heterocycles. The van der Waals surface area contributed by atoms with E-state index < -0.39 is 0 Å². The summed E-state index contributed by atoms with van der Waals surface area (Å²) >= 11 is 0. The number of hydrogen-bond donors (Lipinski definition) is 0. The van der Waals surface area contributed by atoms with E-state index in [2.05, 4.69) is 15.2 Å². The van der Waals surface area contributed by atoms with Gasteiger partial charge in [-0.25, -0.2) is 4.98 Å². The molecule has 0 unspecified atom stereocenters. The minimum absolute atomic E-state index is 0. The summed E-state index contributed by atoms with van der Waals surface area (Å²) in [5.41, 5.74) is 1.54. The predicted octanol–water partition coefficient (Wildman–Crippen LogP) is 0.361. The van der Waals surface area contributed by atoms with E-state index in [0.29, 0.717) is 5.65 Å². The Hall–Kier alpha value is -0.762. The van der Waals surface area contributed by atoms with Crippen molar-refractivity contribution < 1.29 is 21.1 Å². The fraction of sp³-hybridized carbons (Fsp3) is 0.167. The topological polar surface area (TPSA) is 43.6 Å². The maximum Gasteiger partial charge on any atom is 0.201 e. The molecule has 2 aromatic rings. The van der Waals surface area contributed by atoms with Crippen LogP contribution in [0.3, 0.4) is 0 Å². The van der Waals surface area contributed by atoms with Gasteiger partial charge in [-0.05, 0) is 12.1 Å². The van der Waals surface area contributed by atoms with Crippen molar-refractivity contribution in [3.8, 4) is 0 Å². The van der Waals surface area contributed by atoms with E-state index >= 15 is 0 Å². The number of pyridine rings is 1. The summed E-state index contributed by atoms with van der Waals surface area (Å²) in [6.07, 6.45) is 1.71. The molecule has 0 amide bonds. The number of aromatic nitrogens is 4. The monoisotopic (exact) mass is 329 g/mol. The molecule has 0 spiro atoms. The fourth-order valence-corrected chi connectivity index (χ4v) is 0.859. The zero-order chi connectivity index (χ0) is 6.97. The van der Waals surface area contributed by atoms with Gasteiger partial charge in [-0.1, -0.05) is 0 Å². The molecule has 0 aliphatic rings. The average molecular weight is 329 g/mol. The third-order valence-electron chi connectivity index (χ3n) is 1.26. The van der Waals surface area contributed by atoms with Gasteiger partial charge in [0.05, 0.1) is 0 Å². The first kappa shape index (κ1) is 8.34. The summed E-state index contributed by atoms with van der Waals surface area (Å²) in [6, 6.07) is 3.73. The Bertz CT molecular complexity index is 323. The molecule has 0 atom stereocenters. The van der Waals surface area contributed by atoms with Crippen LogP contribution in [0.2, 0.25) is 0 Å². The van der Waals surface area contributed by atoms with Gasteiger partial charge in [-0.3, -0.25) is 0 Å². The first-order valence-electron chi connectivity index (χ1n) is 2.98. The van der Waals surface area contributed by atoms with Crippen LogP contribution in [-0.2, 0) is 28.1 Å². The molecule has 4 nitrogen and oxygen atoms in total. The molecule has 5 heteroatoms. The fourth-order valence-electron chi connectivity index (χ4n) is 0.859. The zero-order valence-electron chi connectivity index (χ0n) is 5.84. The van der Waals surface area contributed by atoms with Gasteiger partial charge in [-0.2, -0.15) is 9.90 Å². The van der Waals surface area contributed by atoms with Crippen LogP contribution in [-0.4, -0.2) is 20.0 Å². The largest absolute Gasteiger partial charge is 0.234 e. The van der Waals surface area contributed by atoms with Crippen LogP contribution in [0.4, 0.5) is 0 Å². The van der Waals surface area contributed by atoms with Gasteiger partial charge in [0, 0.05) is 34.3 Å². The van der Waals surface area contributed by atoms with Crippen LogP contribution in [0.25, 0.3) is 11.2 Å². The van der Waals surface area contributed by atoms with E-state index in [1.807, 2.05) is 12.1 Å². The van der Waals surface area contributed by atoms with Crippen LogP contribution < -0.4 is 0 Å². The smallest absolute Gasteiger partial charge is 0.201 e. The van der Waals surface area contributed by atoms with Gasteiger partial charge >= 0.3 is 0 Å². The molecule has 0 bridgehead atoms. The molecule has 0 aliphatic heterocycles. The van der Waals surface area contributed by atoms with E-state index in [-0.39, 0.29) is 21.1 Å². The van der Waals surface area contributed by atoms with Crippen LogP contribution in [0, 0.1) is 0 Å². The Morgan fingerprint density at radius 1 is 1.36 bits per heavy atom. The zero-order valence-corrected chi connectivity index (χ0v) is 8.11. The minimum atomic E-state index is 0. The van der Waals surface area contributed by atoms with Crippen LogP contribution >= 0.6 is 0 Å². The number of hydrogen-bond acceptors (Lipinski definition) is 3. The van der Waals surface area contributed by atoms with E-state index in [9.17, 15) is 0 Å². The van der Waals surface area contributed by atoms with E-state index in [1.54, 1.807) is 13.2 Å². The van der Waals surface area contributed by atoms with Crippen LogP contribution in [0.1, 0.15) is 0 Å². The molecule has 0 aromatic carbocycles. The molecule has 60 valence electrons. The van der Waals surface area contributed by atoms with Crippen LogP contribution in [0.15, 0.2) is 18.3 Å². The molecule has 0 N–H and O–H groups in total.